The average molecular weight is 416 g/mol. The Hall–Kier alpha value is -3.47. The molecule has 3 aromatic carbocycles. The van der Waals surface area contributed by atoms with Crippen LogP contribution in [0.5, 0.6) is 0 Å². The number of benzene rings is 3. The molecular weight excluding hydrogens is 392 g/mol. The van der Waals surface area contributed by atoms with Gasteiger partial charge in [0.2, 0.25) is 0 Å². The monoisotopic (exact) mass is 416 g/mol. The predicted octanol–water partition coefficient (Wildman–Crippen LogP) is 4.57. The van der Waals surface area contributed by atoms with Gasteiger partial charge in [-0.1, -0.05) is 66.7 Å². The highest BCUT2D eigenvalue weighted by atomic mass is 16.6. The normalized spacial score (nSPS) is 17.1. The third-order valence-electron chi connectivity index (χ3n) is 5.96. The number of hydrogen-bond acceptors (Lipinski definition) is 5. The van der Waals surface area contributed by atoms with Crippen molar-refractivity contribution in [3.8, 4) is 0 Å². The summed E-state index contributed by atoms with van der Waals surface area (Å²) in [5, 5.41) is 1.85. The van der Waals surface area contributed by atoms with Crippen LogP contribution in [0.1, 0.15) is 47.7 Å². The molecule has 0 bridgehead atoms. The van der Waals surface area contributed by atoms with Gasteiger partial charge < -0.3 is 9.47 Å². The van der Waals surface area contributed by atoms with Gasteiger partial charge in [0.15, 0.2) is 11.2 Å². The molecule has 5 nitrogen and oxygen atoms in total. The fourth-order valence-corrected chi connectivity index (χ4v) is 4.68. The molecule has 31 heavy (non-hydrogen) atoms. The molecule has 0 fully saturated rings. The van der Waals surface area contributed by atoms with Gasteiger partial charge in [-0.05, 0) is 35.7 Å². The number of Topliss-reactive ketones (excluding diaryl/α,β-unsaturated/α-hetero) is 1. The third kappa shape index (κ3) is 3.21. The molecule has 1 aliphatic rings. The average Bonchev–Trinajstić information content (AvgIpc) is 2.79. The number of rotatable bonds is 5. The molecule has 4 rings (SSSR count). The van der Waals surface area contributed by atoms with Crippen molar-refractivity contribution in [3.63, 3.8) is 0 Å². The molecule has 0 spiro atoms. The van der Waals surface area contributed by atoms with Crippen molar-refractivity contribution in [2.75, 3.05) is 13.2 Å². The van der Waals surface area contributed by atoms with Crippen LogP contribution >= 0.6 is 0 Å². The summed E-state index contributed by atoms with van der Waals surface area (Å²) < 4.78 is 10.9. The molecule has 0 amide bonds. The Labute approximate surface area is 181 Å². The molecule has 1 unspecified atom stereocenters. The molecule has 0 N–H and O–H groups in total. The van der Waals surface area contributed by atoms with Gasteiger partial charge in [-0.15, -0.1) is 0 Å². The zero-order valence-corrected chi connectivity index (χ0v) is 17.6. The molecule has 1 atom stereocenters. The fraction of sp³-hybridized carbons (Fsp3) is 0.269. The lowest BCUT2D eigenvalue weighted by Crippen LogP contribution is -2.54. The Morgan fingerprint density at radius 3 is 2.19 bits per heavy atom. The zero-order chi connectivity index (χ0) is 22.0. The largest absolute Gasteiger partial charge is 0.465 e. The minimum atomic E-state index is -1.76. The number of carbonyl (C=O) groups excluding carboxylic acids is 3. The first kappa shape index (κ1) is 20.8. The van der Waals surface area contributed by atoms with E-state index in [-0.39, 0.29) is 25.4 Å². The van der Waals surface area contributed by atoms with Crippen LogP contribution in [-0.2, 0) is 24.5 Å². The minimum absolute atomic E-state index is 0.00263. The van der Waals surface area contributed by atoms with E-state index in [4.69, 9.17) is 9.47 Å². The van der Waals surface area contributed by atoms with E-state index >= 15 is 0 Å². The van der Waals surface area contributed by atoms with E-state index in [0.29, 0.717) is 11.1 Å². The Kier molecular flexibility index (Phi) is 5.59. The van der Waals surface area contributed by atoms with Crippen LogP contribution in [-0.4, -0.2) is 30.9 Å². The number of esters is 2. The second-order valence-corrected chi connectivity index (χ2v) is 7.54. The van der Waals surface area contributed by atoms with Gasteiger partial charge >= 0.3 is 11.9 Å². The molecule has 1 aliphatic carbocycles. The van der Waals surface area contributed by atoms with Gasteiger partial charge in [-0.25, -0.2) is 0 Å². The number of carbonyl (C=O) groups is 3. The van der Waals surface area contributed by atoms with E-state index in [1.807, 2.05) is 42.5 Å². The maximum atomic E-state index is 13.6. The van der Waals surface area contributed by atoms with Crippen molar-refractivity contribution in [1.82, 2.24) is 0 Å². The first-order valence-electron chi connectivity index (χ1n) is 10.5. The molecule has 0 saturated heterocycles. The van der Waals surface area contributed by atoms with Crippen LogP contribution in [0, 0.1) is 0 Å². The van der Waals surface area contributed by atoms with Gasteiger partial charge in [-0.2, -0.15) is 0 Å². The zero-order valence-electron chi connectivity index (χ0n) is 17.6. The lowest BCUT2D eigenvalue weighted by atomic mass is 9.60. The molecule has 0 heterocycles. The molecule has 0 saturated carbocycles. The highest BCUT2D eigenvalue weighted by Crippen LogP contribution is 2.50. The molecule has 158 valence electrons. The van der Waals surface area contributed by atoms with E-state index < -0.39 is 23.3 Å². The maximum absolute atomic E-state index is 13.6. The Morgan fingerprint density at radius 1 is 0.871 bits per heavy atom. The summed E-state index contributed by atoms with van der Waals surface area (Å²) in [7, 11) is 0. The summed E-state index contributed by atoms with van der Waals surface area (Å²) in [5.74, 6) is -2.24. The standard InChI is InChI=1S/C26H24O5/c1-3-30-24(28)26(25(29)31-4-2)21-15-8-7-13-20(21)23(27)16-22(26)19-14-9-11-17-10-5-6-12-18(17)19/h5-15,22H,3-4,16H2,1-2H3. The van der Waals surface area contributed by atoms with E-state index in [1.54, 1.807) is 38.1 Å². The number of ether oxygens (including phenoxy) is 2. The first-order chi connectivity index (χ1) is 15.1. The second-order valence-electron chi connectivity index (χ2n) is 7.54. The fourth-order valence-electron chi connectivity index (χ4n) is 4.68. The minimum Gasteiger partial charge on any atom is -0.465 e. The van der Waals surface area contributed by atoms with Crippen molar-refractivity contribution in [1.29, 1.82) is 0 Å². The van der Waals surface area contributed by atoms with Gasteiger partial charge in [-0.3, -0.25) is 14.4 Å². The van der Waals surface area contributed by atoms with Crippen LogP contribution < -0.4 is 0 Å². The lowest BCUT2D eigenvalue weighted by Gasteiger charge is -2.41. The summed E-state index contributed by atoms with van der Waals surface area (Å²) in [5.41, 5.74) is -0.302. The van der Waals surface area contributed by atoms with Gasteiger partial charge in [0.05, 0.1) is 13.2 Å². The van der Waals surface area contributed by atoms with Gasteiger partial charge in [0.25, 0.3) is 0 Å². The van der Waals surface area contributed by atoms with Crippen molar-refractivity contribution in [2.24, 2.45) is 0 Å². The number of ketones is 1. The molecule has 5 heteroatoms. The summed E-state index contributed by atoms with van der Waals surface area (Å²) in [6, 6.07) is 20.2. The smallest absolute Gasteiger partial charge is 0.328 e. The highest BCUT2D eigenvalue weighted by Gasteiger charge is 2.60. The van der Waals surface area contributed by atoms with Crippen molar-refractivity contribution < 1.29 is 23.9 Å². The van der Waals surface area contributed by atoms with Crippen molar-refractivity contribution >= 4 is 28.5 Å². The maximum Gasteiger partial charge on any atom is 0.328 e. The Balaban J connectivity index is 2.08. The van der Waals surface area contributed by atoms with E-state index in [0.717, 1.165) is 16.3 Å². The third-order valence-corrected chi connectivity index (χ3v) is 5.96. The highest BCUT2D eigenvalue weighted by molar-refractivity contribution is 6.14. The lowest BCUT2D eigenvalue weighted by molar-refractivity contribution is -0.166. The van der Waals surface area contributed by atoms with Gasteiger partial charge in [0.1, 0.15) is 0 Å². The number of fused-ring (bicyclic) bond motifs is 2. The van der Waals surface area contributed by atoms with E-state index in [1.165, 1.54) is 0 Å². The van der Waals surface area contributed by atoms with E-state index in [9.17, 15) is 14.4 Å². The predicted molar refractivity (Wildman–Crippen MR) is 117 cm³/mol. The molecule has 0 aromatic heterocycles. The summed E-state index contributed by atoms with van der Waals surface area (Å²) in [6.45, 7) is 3.61. The van der Waals surface area contributed by atoms with Crippen molar-refractivity contribution in [3.05, 3.63) is 83.4 Å². The van der Waals surface area contributed by atoms with Crippen LogP contribution in [0.4, 0.5) is 0 Å². The Bertz CT molecular complexity index is 1140. The van der Waals surface area contributed by atoms with Crippen molar-refractivity contribution in [2.45, 2.75) is 31.6 Å². The second kappa shape index (κ2) is 8.34. The first-order valence-corrected chi connectivity index (χ1v) is 10.5. The summed E-state index contributed by atoms with van der Waals surface area (Å²) >= 11 is 0. The summed E-state index contributed by atoms with van der Waals surface area (Å²) in [4.78, 5) is 40.3. The van der Waals surface area contributed by atoms with Crippen LogP contribution in [0.25, 0.3) is 10.8 Å². The quantitative estimate of drug-likeness (QED) is 0.450. The van der Waals surface area contributed by atoms with Crippen LogP contribution in [0.3, 0.4) is 0 Å². The summed E-state index contributed by atoms with van der Waals surface area (Å²) in [6.07, 6.45) is 0.00263. The Morgan fingerprint density at radius 2 is 1.48 bits per heavy atom. The van der Waals surface area contributed by atoms with Crippen LogP contribution in [0.2, 0.25) is 0 Å². The molecule has 0 radical (unpaired) electrons. The van der Waals surface area contributed by atoms with E-state index in [2.05, 4.69) is 0 Å². The SMILES string of the molecule is CCOC(=O)C1(C(=O)OCC)c2ccccc2C(=O)CC1c1cccc2ccccc12. The van der Waals surface area contributed by atoms with Crippen LogP contribution in [0.15, 0.2) is 66.7 Å². The topological polar surface area (TPSA) is 69.7 Å². The molecule has 0 aliphatic heterocycles. The molecule has 3 aromatic rings. The van der Waals surface area contributed by atoms with Gasteiger partial charge in [0, 0.05) is 17.9 Å². The number of hydrogen-bond donors (Lipinski definition) is 0. The molecular formula is C26H24O5.